The number of carbonyl (C=O) groups excluding carboxylic acids is 2. The molecule has 0 bridgehead atoms. The van der Waals surface area contributed by atoms with E-state index in [0.717, 1.165) is 6.07 Å². The zero-order chi connectivity index (χ0) is 19.4. The van der Waals surface area contributed by atoms with Crippen molar-refractivity contribution in [2.45, 2.75) is 6.92 Å². The van der Waals surface area contributed by atoms with Gasteiger partial charge in [0.15, 0.2) is 5.56 Å². The minimum Gasteiger partial charge on any atom is -0.462 e. The van der Waals surface area contributed by atoms with Gasteiger partial charge in [-0.3, -0.25) is 10.1 Å². The Morgan fingerprint density at radius 3 is 2.56 bits per heavy atom. The van der Waals surface area contributed by atoms with E-state index >= 15 is 0 Å². The zero-order valence-electron chi connectivity index (χ0n) is 14.2. The number of aromatic nitrogens is 1. The van der Waals surface area contributed by atoms with Gasteiger partial charge in [0.05, 0.1) is 12.2 Å². The maximum Gasteiger partial charge on any atom is 0.346 e. The van der Waals surface area contributed by atoms with Crippen molar-refractivity contribution in [3.63, 3.8) is 0 Å². The van der Waals surface area contributed by atoms with E-state index in [2.05, 4.69) is 10.5 Å². The first-order chi connectivity index (χ1) is 13.0. The van der Waals surface area contributed by atoms with Gasteiger partial charge in [0, 0.05) is 10.6 Å². The molecule has 1 amide bonds. The summed E-state index contributed by atoms with van der Waals surface area (Å²) in [7, 11) is 0. The first kappa shape index (κ1) is 18.6. The van der Waals surface area contributed by atoms with E-state index in [1.807, 2.05) is 0 Å². The van der Waals surface area contributed by atoms with Crippen molar-refractivity contribution in [3.8, 4) is 11.3 Å². The first-order valence-electron chi connectivity index (χ1n) is 8.00. The molecule has 1 aromatic heterocycles. The van der Waals surface area contributed by atoms with Crippen molar-refractivity contribution >= 4 is 29.4 Å². The van der Waals surface area contributed by atoms with Crippen LogP contribution < -0.4 is 5.32 Å². The maximum atomic E-state index is 13.8. The van der Waals surface area contributed by atoms with Gasteiger partial charge < -0.3 is 9.26 Å². The lowest BCUT2D eigenvalue weighted by Gasteiger charge is -2.06. The summed E-state index contributed by atoms with van der Waals surface area (Å²) >= 11 is 5.88. The van der Waals surface area contributed by atoms with Crippen LogP contribution in [-0.4, -0.2) is 23.6 Å². The van der Waals surface area contributed by atoms with Gasteiger partial charge in [0.25, 0.3) is 5.91 Å². The molecule has 27 heavy (non-hydrogen) atoms. The highest BCUT2D eigenvalue weighted by molar-refractivity contribution is 6.30. The smallest absolute Gasteiger partial charge is 0.346 e. The van der Waals surface area contributed by atoms with Crippen LogP contribution in [0.1, 0.15) is 27.6 Å². The number of hydrogen-bond donors (Lipinski definition) is 1. The van der Waals surface area contributed by atoms with E-state index in [1.54, 1.807) is 31.2 Å². The molecule has 0 aliphatic heterocycles. The molecule has 0 unspecified atom stereocenters. The van der Waals surface area contributed by atoms with Crippen LogP contribution in [0.15, 0.2) is 53.1 Å². The van der Waals surface area contributed by atoms with Gasteiger partial charge in [-0.1, -0.05) is 41.0 Å². The fraction of sp³-hybridized carbons (Fsp3) is 0.105. The molecule has 8 heteroatoms. The van der Waals surface area contributed by atoms with Crippen LogP contribution in [0.3, 0.4) is 0 Å². The van der Waals surface area contributed by atoms with Crippen LogP contribution in [0, 0.1) is 5.82 Å². The van der Waals surface area contributed by atoms with Gasteiger partial charge in [-0.25, -0.2) is 9.18 Å². The zero-order valence-corrected chi connectivity index (χ0v) is 14.9. The van der Waals surface area contributed by atoms with E-state index in [4.69, 9.17) is 20.9 Å². The molecule has 0 atom stereocenters. The third-order valence-electron chi connectivity index (χ3n) is 3.63. The molecule has 3 rings (SSSR count). The number of nitrogens with zero attached hydrogens (tertiary/aromatic N) is 1. The average Bonchev–Trinajstić information content (AvgIpc) is 3.06. The highest BCUT2D eigenvalue weighted by atomic mass is 35.5. The fourth-order valence-corrected chi connectivity index (χ4v) is 2.51. The molecule has 6 nitrogen and oxygen atoms in total. The maximum absolute atomic E-state index is 13.8. The van der Waals surface area contributed by atoms with Crippen LogP contribution in [0.5, 0.6) is 0 Å². The largest absolute Gasteiger partial charge is 0.462 e. The highest BCUT2D eigenvalue weighted by Gasteiger charge is 2.27. The lowest BCUT2D eigenvalue weighted by molar-refractivity contribution is 0.0528. The summed E-state index contributed by atoms with van der Waals surface area (Å²) in [6.45, 7) is 1.76. The number of nitrogens with one attached hydrogen (secondary N) is 1. The van der Waals surface area contributed by atoms with Crippen molar-refractivity contribution in [1.82, 2.24) is 5.16 Å². The summed E-state index contributed by atoms with van der Waals surface area (Å²) < 4.78 is 24.0. The molecule has 3 aromatic rings. The molecule has 2 aromatic carbocycles. The third kappa shape index (κ3) is 3.98. The molecule has 1 N–H and O–H groups in total. The second kappa shape index (κ2) is 8.01. The van der Waals surface area contributed by atoms with Crippen molar-refractivity contribution < 1.29 is 23.2 Å². The van der Waals surface area contributed by atoms with E-state index in [9.17, 15) is 14.0 Å². The predicted octanol–water partition coefficient (Wildman–Crippen LogP) is 4.56. The first-order valence-corrected chi connectivity index (χ1v) is 8.37. The lowest BCUT2D eigenvalue weighted by atomic mass is 10.1. The molecule has 138 valence electrons. The van der Waals surface area contributed by atoms with Crippen molar-refractivity contribution in [2.75, 3.05) is 11.9 Å². The second-order valence-corrected chi connectivity index (χ2v) is 5.83. The molecule has 0 fully saturated rings. The third-order valence-corrected chi connectivity index (χ3v) is 3.89. The molecule has 0 aliphatic rings. The quantitative estimate of drug-likeness (QED) is 0.648. The molecule has 1 heterocycles. The van der Waals surface area contributed by atoms with Crippen LogP contribution in [-0.2, 0) is 4.74 Å². The summed E-state index contributed by atoms with van der Waals surface area (Å²) in [5, 5.41) is 6.74. The van der Waals surface area contributed by atoms with Gasteiger partial charge in [-0.05, 0) is 31.2 Å². The van der Waals surface area contributed by atoms with Crippen molar-refractivity contribution in [2.24, 2.45) is 0 Å². The second-order valence-electron chi connectivity index (χ2n) is 5.40. The van der Waals surface area contributed by atoms with Gasteiger partial charge in [-0.2, -0.15) is 0 Å². The Bertz CT molecular complexity index is 986. The number of esters is 1. The average molecular weight is 389 g/mol. The number of benzene rings is 2. The number of rotatable bonds is 5. The van der Waals surface area contributed by atoms with Gasteiger partial charge in [0.2, 0.25) is 5.88 Å². The number of anilines is 1. The Hall–Kier alpha value is -3.19. The summed E-state index contributed by atoms with van der Waals surface area (Å²) in [4.78, 5) is 24.7. The number of ether oxygens (including phenoxy) is 1. The molecule has 0 spiro atoms. The minimum atomic E-state index is -0.780. The van der Waals surface area contributed by atoms with Gasteiger partial charge >= 0.3 is 5.97 Å². The summed E-state index contributed by atoms with van der Waals surface area (Å²) in [6.07, 6.45) is 0. The lowest BCUT2D eigenvalue weighted by Crippen LogP contribution is -2.16. The standard InChI is InChI=1S/C19H14ClFN2O4/c1-2-26-19(25)15-16(11-7-9-12(20)10-8-11)23-27-18(15)22-17(24)13-5-3-4-6-14(13)21/h3-10H,2H2,1H3,(H,22,24). The normalized spacial score (nSPS) is 10.5. The summed E-state index contributed by atoms with van der Waals surface area (Å²) in [6, 6.07) is 12.0. The minimum absolute atomic E-state index is 0.0659. The Labute approximate surface area is 158 Å². The highest BCUT2D eigenvalue weighted by Crippen LogP contribution is 2.31. The van der Waals surface area contributed by atoms with Gasteiger partial charge in [0.1, 0.15) is 11.5 Å². The van der Waals surface area contributed by atoms with E-state index < -0.39 is 17.7 Å². The topological polar surface area (TPSA) is 81.4 Å². The van der Waals surface area contributed by atoms with Crippen LogP contribution >= 0.6 is 11.6 Å². The van der Waals surface area contributed by atoms with Crippen molar-refractivity contribution in [1.29, 1.82) is 0 Å². The SMILES string of the molecule is CCOC(=O)c1c(-c2ccc(Cl)cc2)noc1NC(=O)c1ccccc1F. The van der Waals surface area contributed by atoms with Crippen LogP contribution in [0.4, 0.5) is 10.3 Å². The number of carbonyl (C=O) groups is 2. The number of hydrogen-bond acceptors (Lipinski definition) is 5. The number of halogens is 2. The van der Waals surface area contributed by atoms with E-state index in [1.165, 1.54) is 18.2 Å². The molecule has 0 saturated carbocycles. The fourth-order valence-electron chi connectivity index (χ4n) is 2.39. The van der Waals surface area contributed by atoms with Gasteiger partial charge in [-0.15, -0.1) is 0 Å². The Kier molecular flexibility index (Phi) is 5.52. The molecule has 0 aliphatic carbocycles. The molecular formula is C19H14ClFN2O4. The van der Waals surface area contributed by atoms with Crippen LogP contribution in [0.2, 0.25) is 5.02 Å². The van der Waals surface area contributed by atoms with Crippen LogP contribution in [0.25, 0.3) is 11.3 Å². The summed E-state index contributed by atoms with van der Waals surface area (Å²) in [5.74, 6) is -2.44. The Balaban J connectivity index is 2.00. The Morgan fingerprint density at radius 2 is 1.89 bits per heavy atom. The molecular weight excluding hydrogens is 375 g/mol. The van der Waals surface area contributed by atoms with E-state index in [-0.39, 0.29) is 29.3 Å². The predicted molar refractivity (Wildman–Crippen MR) is 97.3 cm³/mol. The van der Waals surface area contributed by atoms with E-state index in [0.29, 0.717) is 10.6 Å². The molecule has 0 radical (unpaired) electrons. The number of amides is 1. The summed E-state index contributed by atoms with van der Waals surface area (Å²) in [5.41, 5.74) is 0.451. The molecule has 0 saturated heterocycles. The monoisotopic (exact) mass is 388 g/mol. The van der Waals surface area contributed by atoms with Crippen molar-refractivity contribution in [3.05, 3.63) is 70.5 Å². The Morgan fingerprint density at radius 1 is 1.19 bits per heavy atom.